The molecule has 2 aromatic rings. The molecule has 0 saturated heterocycles. The van der Waals surface area contributed by atoms with Gasteiger partial charge in [0.05, 0.1) is 0 Å². The van der Waals surface area contributed by atoms with Crippen molar-refractivity contribution in [2.45, 2.75) is 27.0 Å². The maximum Gasteiger partial charge on any atom is 0.119 e. The minimum Gasteiger partial charge on any atom is -0.489 e. The highest BCUT2D eigenvalue weighted by Crippen LogP contribution is 2.12. The Morgan fingerprint density at radius 2 is 1.70 bits per heavy atom. The molecular formula is C18H23NO. The monoisotopic (exact) mass is 269 g/mol. The third kappa shape index (κ3) is 5.06. The molecule has 0 aliphatic heterocycles. The van der Waals surface area contributed by atoms with Crippen molar-refractivity contribution in [2.75, 3.05) is 6.54 Å². The first-order valence-electron chi connectivity index (χ1n) is 7.20. The Morgan fingerprint density at radius 1 is 0.950 bits per heavy atom. The standard InChI is InChI=1S/C18H23NO/c1-15(2)12-19-13-16-7-6-8-17(11-16)14-20-18-9-4-3-5-10-18/h3-11,15,19H,12-14H2,1-2H3. The second kappa shape index (κ2) is 7.71. The molecule has 0 spiro atoms. The van der Waals surface area contributed by atoms with Crippen molar-refractivity contribution in [1.82, 2.24) is 5.32 Å². The minimum atomic E-state index is 0.613. The van der Waals surface area contributed by atoms with Crippen LogP contribution in [-0.2, 0) is 13.2 Å². The van der Waals surface area contributed by atoms with E-state index in [-0.39, 0.29) is 0 Å². The predicted octanol–water partition coefficient (Wildman–Crippen LogP) is 4.01. The Kier molecular flexibility index (Phi) is 5.63. The lowest BCUT2D eigenvalue weighted by atomic mass is 10.1. The summed E-state index contributed by atoms with van der Waals surface area (Å²) in [6, 6.07) is 18.5. The van der Waals surface area contributed by atoms with Crippen LogP contribution in [0.4, 0.5) is 0 Å². The molecular weight excluding hydrogens is 246 g/mol. The van der Waals surface area contributed by atoms with Crippen LogP contribution in [0.3, 0.4) is 0 Å². The molecule has 0 atom stereocenters. The van der Waals surface area contributed by atoms with Crippen molar-refractivity contribution in [1.29, 1.82) is 0 Å². The van der Waals surface area contributed by atoms with Crippen molar-refractivity contribution in [2.24, 2.45) is 5.92 Å². The smallest absolute Gasteiger partial charge is 0.119 e. The zero-order valence-corrected chi connectivity index (χ0v) is 12.3. The summed E-state index contributed by atoms with van der Waals surface area (Å²) in [4.78, 5) is 0. The number of para-hydroxylation sites is 1. The van der Waals surface area contributed by atoms with E-state index in [9.17, 15) is 0 Å². The highest BCUT2D eigenvalue weighted by Gasteiger charge is 1.99. The van der Waals surface area contributed by atoms with Crippen LogP contribution in [0.1, 0.15) is 25.0 Å². The zero-order chi connectivity index (χ0) is 14.2. The first-order chi connectivity index (χ1) is 9.74. The molecule has 0 amide bonds. The minimum absolute atomic E-state index is 0.613. The number of ether oxygens (including phenoxy) is 1. The number of hydrogen-bond donors (Lipinski definition) is 1. The van der Waals surface area contributed by atoms with Crippen LogP contribution in [-0.4, -0.2) is 6.54 Å². The molecule has 1 N–H and O–H groups in total. The summed E-state index contributed by atoms with van der Waals surface area (Å²) in [6.45, 7) is 7.01. The van der Waals surface area contributed by atoms with Crippen molar-refractivity contribution < 1.29 is 4.74 Å². The van der Waals surface area contributed by atoms with Crippen LogP contribution in [0.15, 0.2) is 54.6 Å². The zero-order valence-electron chi connectivity index (χ0n) is 12.3. The van der Waals surface area contributed by atoms with E-state index in [2.05, 4.69) is 43.4 Å². The molecule has 2 aromatic carbocycles. The Balaban J connectivity index is 1.86. The van der Waals surface area contributed by atoms with E-state index in [1.165, 1.54) is 11.1 Å². The molecule has 0 saturated carbocycles. The molecule has 0 bridgehead atoms. The highest BCUT2D eigenvalue weighted by molar-refractivity contribution is 5.25. The van der Waals surface area contributed by atoms with Gasteiger partial charge in [0.25, 0.3) is 0 Å². The summed E-state index contributed by atoms with van der Waals surface area (Å²) in [6.07, 6.45) is 0. The second-order valence-corrected chi connectivity index (χ2v) is 5.45. The van der Waals surface area contributed by atoms with Gasteiger partial charge in [-0.25, -0.2) is 0 Å². The van der Waals surface area contributed by atoms with Crippen LogP contribution in [0.5, 0.6) is 5.75 Å². The lowest BCUT2D eigenvalue weighted by Gasteiger charge is -2.10. The van der Waals surface area contributed by atoms with Gasteiger partial charge in [0.15, 0.2) is 0 Å². The summed E-state index contributed by atoms with van der Waals surface area (Å²) >= 11 is 0. The molecule has 0 fully saturated rings. The normalized spacial score (nSPS) is 10.8. The fraction of sp³-hybridized carbons (Fsp3) is 0.333. The van der Waals surface area contributed by atoms with E-state index in [4.69, 9.17) is 4.74 Å². The summed E-state index contributed by atoms with van der Waals surface area (Å²) in [7, 11) is 0. The molecule has 2 rings (SSSR count). The van der Waals surface area contributed by atoms with Gasteiger partial charge in [-0.2, -0.15) is 0 Å². The molecule has 0 unspecified atom stereocenters. The van der Waals surface area contributed by atoms with Gasteiger partial charge in [-0.15, -0.1) is 0 Å². The fourth-order valence-corrected chi connectivity index (χ4v) is 2.02. The number of rotatable bonds is 7. The molecule has 2 heteroatoms. The van der Waals surface area contributed by atoms with Gasteiger partial charge in [-0.3, -0.25) is 0 Å². The van der Waals surface area contributed by atoms with E-state index in [0.717, 1.165) is 18.8 Å². The fourth-order valence-electron chi connectivity index (χ4n) is 2.02. The second-order valence-electron chi connectivity index (χ2n) is 5.45. The van der Waals surface area contributed by atoms with Gasteiger partial charge in [-0.05, 0) is 35.7 Å². The lowest BCUT2D eigenvalue weighted by molar-refractivity contribution is 0.306. The van der Waals surface area contributed by atoms with Gasteiger partial charge in [0.2, 0.25) is 0 Å². The first-order valence-corrected chi connectivity index (χ1v) is 7.20. The molecule has 0 aliphatic rings. The van der Waals surface area contributed by atoms with Crippen LogP contribution >= 0.6 is 0 Å². The van der Waals surface area contributed by atoms with Crippen LogP contribution in [0.2, 0.25) is 0 Å². The quantitative estimate of drug-likeness (QED) is 0.820. The van der Waals surface area contributed by atoms with E-state index < -0.39 is 0 Å². The van der Waals surface area contributed by atoms with Crippen LogP contribution < -0.4 is 10.1 Å². The van der Waals surface area contributed by atoms with Crippen LogP contribution in [0, 0.1) is 5.92 Å². The van der Waals surface area contributed by atoms with Crippen LogP contribution in [0.25, 0.3) is 0 Å². The van der Waals surface area contributed by atoms with Gasteiger partial charge in [0.1, 0.15) is 12.4 Å². The maximum absolute atomic E-state index is 5.77. The maximum atomic E-state index is 5.77. The van der Waals surface area contributed by atoms with E-state index in [1.54, 1.807) is 0 Å². The third-order valence-electron chi connectivity index (χ3n) is 3.02. The molecule has 0 radical (unpaired) electrons. The van der Waals surface area contributed by atoms with Crippen molar-refractivity contribution in [3.63, 3.8) is 0 Å². The molecule has 2 nitrogen and oxygen atoms in total. The topological polar surface area (TPSA) is 21.3 Å². The summed E-state index contributed by atoms with van der Waals surface area (Å²) < 4.78 is 5.77. The molecule has 0 aromatic heterocycles. The van der Waals surface area contributed by atoms with Gasteiger partial charge in [0, 0.05) is 6.54 Å². The first kappa shape index (κ1) is 14.6. The average Bonchev–Trinajstić information content (AvgIpc) is 2.46. The molecule has 0 aliphatic carbocycles. The third-order valence-corrected chi connectivity index (χ3v) is 3.02. The van der Waals surface area contributed by atoms with Gasteiger partial charge < -0.3 is 10.1 Å². The number of nitrogens with one attached hydrogen (secondary N) is 1. The van der Waals surface area contributed by atoms with Crippen molar-refractivity contribution in [3.05, 3.63) is 65.7 Å². The molecule has 0 heterocycles. The molecule has 20 heavy (non-hydrogen) atoms. The van der Waals surface area contributed by atoms with Gasteiger partial charge >= 0.3 is 0 Å². The van der Waals surface area contributed by atoms with E-state index >= 15 is 0 Å². The predicted molar refractivity (Wildman–Crippen MR) is 83.8 cm³/mol. The number of hydrogen-bond acceptors (Lipinski definition) is 2. The highest BCUT2D eigenvalue weighted by atomic mass is 16.5. The summed E-state index contributed by atoms with van der Waals surface area (Å²) in [5.74, 6) is 1.59. The van der Waals surface area contributed by atoms with E-state index in [1.807, 2.05) is 30.3 Å². The van der Waals surface area contributed by atoms with Gasteiger partial charge in [-0.1, -0.05) is 56.3 Å². The largest absolute Gasteiger partial charge is 0.489 e. The Morgan fingerprint density at radius 3 is 2.45 bits per heavy atom. The lowest BCUT2D eigenvalue weighted by Crippen LogP contribution is -2.19. The average molecular weight is 269 g/mol. The summed E-state index contributed by atoms with van der Waals surface area (Å²) in [5.41, 5.74) is 2.51. The summed E-state index contributed by atoms with van der Waals surface area (Å²) in [5, 5.41) is 3.46. The van der Waals surface area contributed by atoms with Crippen molar-refractivity contribution >= 4 is 0 Å². The number of benzene rings is 2. The molecule has 106 valence electrons. The Bertz CT molecular complexity index is 508. The van der Waals surface area contributed by atoms with E-state index in [0.29, 0.717) is 12.5 Å². The Labute approximate surface area is 121 Å². The Hall–Kier alpha value is -1.80. The SMILES string of the molecule is CC(C)CNCc1cccc(COc2ccccc2)c1. The van der Waals surface area contributed by atoms with Crippen molar-refractivity contribution in [3.8, 4) is 5.75 Å².